The van der Waals surface area contributed by atoms with Crippen LogP contribution in [0.5, 0.6) is 0 Å². The Hall–Kier alpha value is -2.15. The Morgan fingerprint density at radius 2 is 2.08 bits per heavy atom. The van der Waals surface area contributed by atoms with Crippen molar-refractivity contribution in [2.45, 2.75) is 39.3 Å². The van der Waals surface area contributed by atoms with Gasteiger partial charge in [-0.2, -0.15) is 5.10 Å². The number of hydrogen-bond donors (Lipinski definition) is 1. The van der Waals surface area contributed by atoms with Gasteiger partial charge in [0.15, 0.2) is 0 Å². The van der Waals surface area contributed by atoms with Crippen LogP contribution in [-0.4, -0.2) is 44.3 Å². The molecule has 2 aliphatic heterocycles. The summed E-state index contributed by atoms with van der Waals surface area (Å²) < 4.78 is 1.81. The average Bonchev–Trinajstić information content (AvgIpc) is 3.01. The second kappa shape index (κ2) is 6.63. The van der Waals surface area contributed by atoms with Gasteiger partial charge < -0.3 is 4.90 Å². The number of piperidine rings is 1. The highest BCUT2D eigenvalue weighted by molar-refractivity contribution is 5.35. The molecule has 1 saturated heterocycles. The molecule has 0 bridgehead atoms. The van der Waals surface area contributed by atoms with E-state index in [4.69, 9.17) is 4.98 Å². The number of aromatic nitrogens is 4. The summed E-state index contributed by atoms with van der Waals surface area (Å²) in [6.07, 6.45) is 7.08. The van der Waals surface area contributed by atoms with E-state index >= 15 is 0 Å². The van der Waals surface area contributed by atoms with E-state index < -0.39 is 0 Å². The Morgan fingerprint density at radius 1 is 1.28 bits per heavy atom. The Labute approximate surface area is 147 Å². The third-order valence-electron chi connectivity index (χ3n) is 5.38. The van der Waals surface area contributed by atoms with Gasteiger partial charge >= 0.3 is 0 Å². The fourth-order valence-corrected chi connectivity index (χ4v) is 3.78. The highest BCUT2D eigenvalue weighted by Crippen LogP contribution is 2.22. The summed E-state index contributed by atoms with van der Waals surface area (Å²) in [7, 11) is 1.92. The second-order valence-electron chi connectivity index (χ2n) is 7.47. The first-order chi connectivity index (χ1) is 12.1. The summed E-state index contributed by atoms with van der Waals surface area (Å²) >= 11 is 0. The molecule has 7 heteroatoms. The van der Waals surface area contributed by atoms with Crippen LogP contribution in [0.15, 0.2) is 17.2 Å². The largest absolute Gasteiger partial charge is 0.342 e. The molecule has 0 radical (unpaired) electrons. The molecule has 2 aromatic heterocycles. The number of nitrogens with one attached hydrogen (secondary N) is 1. The first kappa shape index (κ1) is 16.3. The highest BCUT2D eigenvalue weighted by atomic mass is 16.1. The molecule has 1 fully saturated rings. The molecule has 4 heterocycles. The van der Waals surface area contributed by atoms with E-state index in [-0.39, 0.29) is 5.56 Å². The molecular formula is C18H26N6O. The van der Waals surface area contributed by atoms with Gasteiger partial charge in [-0.25, -0.2) is 4.98 Å². The van der Waals surface area contributed by atoms with Crippen molar-refractivity contribution in [1.29, 1.82) is 0 Å². The highest BCUT2D eigenvalue weighted by Gasteiger charge is 2.24. The smallest absolute Gasteiger partial charge is 0.257 e. The van der Waals surface area contributed by atoms with Crippen molar-refractivity contribution >= 4 is 5.95 Å². The topological polar surface area (TPSA) is 70.1 Å². The van der Waals surface area contributed by atoms with Crippen LogP contribution in [0.4, 0.5) is 5.95 Å². The molecule has 2 aromatic rings. The Bertz CT molecular complexity index is 802. The van der Waals surface area contributed by atoms with Crippen molar-refractivity contribution in [3.05, 3.63) is 39.6 Å². The predicted octanol–water partition coefficient (Wildman–Crippen LogP) is 1.30. The zero-order chi connectivity index (χ0) is 17.4. The van der Waals surface area contributed by atoms with Crippen LogP contribution in [0, 0.1) is 5.92 Å². The number of aromatic amines is 1. The van der Waals surface area contributed by atoms with Crippen LogP contribution in [0.3, 0.4) is 0 Å². The zero-order valence-corrected chi connectivity index (χ0v) is 15.0. The maximum atomic E-state index is 12.6. The quantitative estimate of drug-likeness (QED) is 0.910. The van der Waals surface area contributed by atoms with Crippen LogP contribution in [0.2, 0.25) is 0 Å². The van der Waals surface area contributed by atoms with E-state index in [9.17, 15) is 4.79 Å². The Balaban J connectivity index is 1.50. The number of H-pyrrole nitrogens is 1. The maximum absolute atomic E-state index is 12.6. The number of anilines is 1. The van der Waals surface area contributed by atoms with Gasteiger partial charge in [-0.05, 0) is 18.8 Å². The molecule has 4 rings (SSSR count). The van der Waals surface area contributed by atoms with Crippen molar-refractivity contribution < 1.29 is 0 Å². The van der Waals surface area contributed by atoms with E-state index in [2.05, 4.69) is 26.8 Å². The lowest BCUT2D eigenvalue weighted by atomic mass is 9.99. The first-order valence-corrected chi connectivity index (χ1v) is 9.15. The van der Waals surface area contributed by atoms with E-state index in [1.165, 1.54) is 18.4 Å². The number of fused-ring (bicyclic) bond motifs is 1. The Morgan fingerprint density at radius 3 is 2.80 bits per heavy atom. The molecule has 134 valence electrons. The molecule has 2 aliphatic rings. The summed E-state index contributed by atoms with van der Waals surface area (Å²) in [5.41, 5.74) is 2.99. The first-order valence-electron chi connectivity index (χ1n) is 9.15. The van der Waals surface area contributed by atoms with E-state index in [0.29, 0.717) is 6.54 Å². The van der Waals surface area contributed by atoms with Crippen LogP contribution in [-0.2, 0) is 26.6 Å². The van der Waals surface area contributed by atoms with Crippen molar-refractivity contribution in [2.24, 2.45) is 13.0 Å². The van der Waals surface area contributed by atoms with Crippen molar-refractivity contribution in [3.8, 4) is 0 Å². The zero-order valence-electron chi connectivity index (χ0n) is 15.0. The summed E-state index contributed by atoms with van der Waals surface area (Å²) in [6, 6.07) is 0. The van der Waals surface area contributed by atoms with Gasteiger partial charge in [-0.1, -0.05) is 6.92 Å². The minimum atomic E-state index is 0.0227. The lowest BCUT2D eigenvalue weighted by Gasteiger charge is -2.32. The minimum absolute atomic E-state index is 0.0227. The van der Waals surface area contributed by atoms with Gasteiger partial charge in [-0.3, -0.25) is 19.4 Å². The number of rotatable bonds is 3. The van der Waals surface area contributed by atoms with E-state index in [1.807, 2.05) is 24.1 Å². The van der Waals surface area contributed by atoms with Crippen molar-refractivity contribution in [1.82, 2.24) is 24.6 Å². The van der Waals surface area contributed by atoms with E-state index in [0.717, 1.165) is 55.7 Å². The van der Waals surface area contributed by atoms with Gasteiger partial charge in [0.05, 0.1) is 17.5 Å². The predicted molar refractivity (Wildman–Crippen MR) is 96.5 cm³/mol. The lowest BCUT2D eigenvalue weighted by molar-refractivity contribution is 0.241. The molecule has 1 N–H and O–H groups in total. The van der Waals surface area contributed by atoms with Crippen molar-refractivity contribution in [3.63, 3.8) is 0 Å². The van der Waals surface area contributed by atoms with Crippen LogP contribution < -0.4 is 10.5 Å². The van der Waals surface area contributed by atoms with Gasteiger partial charge in [0, 0.05) is 58.0 Å². The van der Waals surface area contributed by atoms with E-state index in [1.54, 1.807) is 0 Å². The molecule has 0 aromatic carbocycles. The third-order valence-corrected chi connectivity index (χ3v) is 5.38. The Kier molecular flexibility index (Phi) is 4.33. The molecule has 0 atom stereocenters. The molecule has 0 aliphatic carbocycles. The molecule has 0 amide bonds. The summed E-state index contributed by atoms with van der Waals surface area (Å²) in [6.45, 7) is 6.65. The molecule has 0 saturated carbocycles. The van der Waals surface area contributed by atoms with Gasteiger partial charge in [0.25, 0.3) is 5.56 Å². The van der Waals surface area contributed by atoms with Crippen molar-refractivity contribution in [2.75, 3.05) is 24.5 Å². The second-order valence-corrected chi connectivity index (χ2v) is 7.47. The monoisotopic (exact) mass is 342 g/mol. The molecular weight excluding hydrogens is 316 g/mol. The molecule has 0 spiro atoms. The SMILES string of the molecule is CC1CCN(c2nc3c(c(=O)[nH]2)CN(Cc2cnn(C)c2)CC3)CC1. The fourth-order valence-electron chi connectivity index (χ4n) is 3.78. The van der Waals surface area contributed by atoms with Gasteiger partial charge in [0.1, 0.15) is 0 Å². The molecule has 25 heavy (non-hydrogen) atoms. The van der Waals surface area contributed by atoms with Gasteiger partial charge in [0.2, 0.25) is 5.95 Å². The summed E-state index contributed by atoms with van der Waals surface area (Å²) in [5, 5.41) is 4.22. The van der Waals surface area contributed by atoms with Crippen LogP contribution in [0.1, 0.15) is 36.6 Å². The van der Waals surface area contributed by atoms with Gasteiger partial charge in [-0.15, -0.1) is 0 Å². The fraction of sp³-hybridized carbons (Fsp3) is 0.611. The number of hydrogen-bond acceptors (Lipinski definition) is 5. The number of nitrogens with zero attached hydrogens (tertiary/aromatic N) is 5. The molecule has 7 nitrogen and oxygen atoms in total. The summed E-state index contributed by atoms with van der Waals surface area (Å²) in [4.78, 5) is 25.0. The average molecular weight is 342 g/mol. The minimum Gasteiger partial charge on any atom is -0.342 e. The van der Waals surface area contributed by atoms with Crippen LogP contribution >= 0.6 is 0 Å². The lowest BCUT2D eigenvalue weighted by Crippen LogP contribution is -2.39. The normalized spacial score (nSPS) is 19.2. The standard InChI is InChI=1S/C18H26N6O/c1-13-3-7-24(8-4-13)18-20-16-5-6-23(12-15(16)17(25)21-18)11-14-9-19-22(2)10-14/h9-10,13H,3-8,11-12H2,1-2H3,(H,20,21,25). The number of aryl methyl sites for hydroxylation is 1. The van der Waals surface area contributed by atoms with Crippen LogP contribution in [0.25, 0.3) is 0 Å². The maximum Gasteiger partial charge on any atom is 0.257 e. The summed E-state index contributed by atoms with van der Waals surface area (Å²) in [5.74, 6) is 1.53. The molecule has 0 unspecified atom stereocenters. The third kappa shape index (κ3) is 3.46.